The lowest BCUT2D eigenvalue weighted by atomic mass is 9.87. The molecule has 3 heterocycles. The van der Waals surface area contributed by atoms with E-state index in [-0.39, 0.29) is 17.9 Å². The standard InChI is InChI=1S/C23H35N3O2S/c1-17-9-10-21(29-17)20-8-5-13-26(20)16-22(27)24-19-11-14-25(15-12-19)23(28)18-6-3-2-4-7-18/h9-10,18-20H,2-8,11-16H2,1H3,(H,24,27). The topological polar surface area (TPSA) is 52.7 Å². The Hall–Kier alpha value is -1.40. The minimum absolute atomic E-state index is 0.141. The van der Waals surface area contributed by atoms with Gasteiger partial charge in [0.2, 0.25) is 11.8 Å². The summed E-state index contributed by atoms with van der Waals surface area (Å²) >= 11 is 1.86. The van der Waals surface area contributed by atoms with Gasteiger partial charge < -0.3 is 10.2 Å². The van der Waals surface area contributed by atoms with Gasteiger partial charge in [0.15, 0.2) is 0 Å². The predicted octanol–water partition coefficient (Wildman–Crippen LogP) is 3.88. The zero-order chi connectivity index (χ0) is 20.2. The van der Waals surface area contributed by atoms with Gasteiger partial charge in [-0.05, 0) is 64.1 Å². The zero-order valence-corrected chi connectivity index (χ0v) is 18.5. The number of nitrogens with one attached hydrogen (secondary N) is 1. The predicted molar refractivity (Wildman–Crippen MR) is 117 cm³/mol. The molecule has 0 spiro atoms. The molecule has 6 heteroatoms. The lowest BCUT2D eigenvalue weighted by molar-refractivity contribution is -0.137. The Labute approximate surface area is 178 Å². The number of piperidine rings is 1. The van der Waals surface area contributed by atoms with Crippen molar-refractivity contribution in [1.29, 1.82) is 0 Å². The van der Waals surface area contributed by atoms with Gasteiger partial charge in [0.1, 0.15) is 0 Å². The van der Waals surface area contributed by atoms with Gasteiger partial charge in [-0.3, -0.25) is 14.5 Å². The Morgan fingerprint density at radius 1 is 1.00 bits per heavy atom. The quantitative estimate of drug-likeness (QED) is 0.791. The van der Waals surface area contributed by atoms with Crippen molar-refractivity contribution in [1.82, 2.24) is 15.1 Å². The molecule has 1 aliphatic carbocycles. The molecule has 1 atom stereocenters. The molecule has 3 fully saturated rings. The summed E-state index contributed by atoms with van der Waals surface area (Å²) in [7, 11) is 0. The van der Waals surface area contributed by atoms with E-state index in [1.165, 1.54) is 29.0 Å². The molecule has 0 aromatic carbocycles. The fourth-order valence-corrected chi connectivity index (χ4v) is 6.33. The van der Waals surface area contributed by atoms with E-state index in [1.807, 2.05) is 16.2 Å². The SMILES string of the molecule is Cc1ccc(C2CCCN2CC(=O)NC2CCN(C(=O)C3CCCCC3)CC2)s1. The third-order valence-corrected chi connectivity index (χ3v) is 8.03. The highest BCUT2D eigenvalue weighted by Gasteiger charge is 2.31. The third-order valence-electron chi connectivity index (χ3n) is 6.93. The maximum atomic E-state index is 12.7. The van der Waals surface area contributed by atoms with Crippen molar-refractivity contribution in [2.24, 2.45) is 5.92 Å². The molecule has 2 amide bonds. The van der Waals surface area contributed by atoms with Crippen LogP contribution in [0, 0.1) is 12.8 Å². The molecular weight excluding hydrogens is 382 g/mol. The molecule has 160 valence electrons. The molecule has 5 nitrogen and oxygen atoms in total. The average molecular weight is 418 g/mol. The van der Waals surface area contributed by atoms with Crippen LogP contribution in [0.15, 0.2) is 12.1 Å². The van der Waals surface area contributed by atoms with Crippen molar-refractivity contribution in [3.63, 3.8) is 0 Å². The highest BCUT2D eigenvalue weighted by atomic mass is 32.1. The van der Waals surface area contributed by atoms with Gasteiger partial charge in [0.25, 0.3) is 0 Å². The number of likely N-dealkylation sites (tertiary alicyclic amines) is 2. The first-order valence-electron chi connectivity index (χ1n) is 11.5. The summed E-state index contributed by atoms with van der Waals surface area (Å²) < 4.78 is 0. The highest BCUT2D eigenvalue weighted by molar-refractivity contribution is 7.12. The van der Waals surface area contributed by atoms with Crippen molar-refractivity contribution < 1.29 is 9.59 Å². The van der Waals surface area contributed by atoms with Crippen LogP contribution in [0.5, 0.6) is 0 Å². The summed E-state index contributed by atoms with van der Waals surface area (Å²) in [4.78, 5) is 32.5. The van der Waals surface area contributed by atoms with Crippen LogP contribution in [0.3, 0.4) is 0 Å². The third kappa shape index (κ3) is 5.21. The molecule has 0 radical (unpaired) electrons. The second kappa shape index (κ2) is 9.61. The van der Waals surface area contributed by atoms with E-state index in [9.17, 15) is 9.59 Å². The first-order chi connectivity index (χ1) is 14.1. The highest BCUT2D eigenvalue weighted by Crippen LogP contribution is 2.35. The molecule has 0 bridgehead atoms. The van der Waals surface area contributed by atoms with E-state index in [4.69, 9.17) is 0 Å². The van der Waals surface area contributed by atoms with Crippen molar-refractivity contribution in [3.8, 4) is 0 Å². The van der Waals surface area contributed by atoms with Crippen LogP contribution < -0.4 is 5.32 Å². The number of carbonyl (C=O) groups excluding carboxylic acids is 2. The first-order valence-corrected chi connectivity index (χ1v) is 12.3. The van der Waals surface area contributed by atoms with Gasteiger partial charge in [0.05, 0.1) is 6.54 Å². The number of thiophene rings is 1. The van der Waals surface area contributed by atoms with Crippen LogP contribution >= 0.6 is 11.3 Å². The van der Waals surface area contributed by atoms with Crippen molar-refractivity contribution >= 4 is 23.2 Å². The van der Waals surface area contributed by atoms with Crippen molar-refractivity contribution in [3.05, 3.63) is 21.9 Å². The molecule has 1 aromatic rings. The number of hydrogen-bond acceptors (Lipinski definition) is 4. The smallest absolute Gasteiger partial charge is 0.234 e. The maximum Gasteiger partial charge on any atom is 0.234 e. The van der Waals surface area contributed by atoms with Crippen molar-refractivity contribution in [2.75, 3.05) is 26.2 Å². The van der Waals surface area contributed by atoms with Gasteiger partial charge >= 0.3 is 0 Å². The van der Waals surface area contributed by atoms with Crippen LogP contribution in [0.1, 0.15) is 73.6 Å². The van der Waals surface area contributed by atoms with Gasteiger partial charge in [-0.15, -0.1) is 11.3 Å². The van der Waals surface area contributed by atoms with Crippen molar-refractivity contribution in [2.45, 2.75) is 76.8 Å². The largest absolute Gasteiger partial charge is 0.352 e. The minimum atomic E-state index is 0.141. The zero-order valence-electron chi connectivity index (χ0n) is 17.7. The molecule has 1 unspecified atom stereocenters. The van der Waals surface area contributed by atoms with Gasteiger partial charge in [-0.25, -0.2) is 0 Å². The number of aryl methyl sites for hydroxylation is 1. The summed E-state index contributed by atoms with van der Waals surface area (Å²) in [6.07, 6.45) is 9.90. The number of amides is 2. The number of hydrogen-bond donors (Lipinski definition) is 1. The molecule has 2 saturated heterocycles. The second-order valence-electron chi connectivity index (χ2n) is 9.08. The average Bonchev–Trinajstić information content (AvgIpc) is 3.37. The Balaban J connectivity index is 1.22. The molecule has 1 saturated carbocycles. The number of nitrogens with zero attached hydrogens (tertiary/aromatic N) is 2. The van der Waals surface area contributed by atoms with E-state index < -0.39 is 0 Å². The summed E-state index contributed by atoms with van der Waals surface area (Å²) in [5, 5.41) is 3.25. The number of rotatable bonds is 5. The minimum Gasteiger partial charge on any atom is -0.352 e. The summed E-state index contributed by atoms with van der Waals surface area (Å²) in [5.41, 5.74) is 0. The maximum absolute atomic E-state index is 12.7. The Bertz CT molecular complexity index is 705. The van der Waals surface area contributed by atoms with Gasteiger partial charge in [0, 0.05) is 40.8 Å². The van der Waals surface area contributed by atoms with Crippen LogP contribution in [0.4, 0.5) is 0 Å². The fourth-order valence-electron chi connectivity index (χ4n) is 5.28. The van der Waals surface area contributed by atoms with Crippen LogP contribution in [0.2, 0.25) is 0 Å². The normalized spacial score (nSPS) is 24.7. The molecule has 1 aromatic heterocycles. The lowest BCUT2D eigenvalue weighted by Gasteiger charge is -2.35. The fraction of sp³-hybridized carbons (Fsp3) is 0.739. The number of carbonyl (C=O) groups is 2. The Morgan fingerprint density at radius 2 is 1.76 bits per heavy atom. The monoisotopic (exact) mass is 417 g/mol. The Kier molecular flexibility index (Phi) is 6.91. The molecule has 3 aliphatic rings. The summed E-state index contributed by atoms with van der Waals surface area (Å²) in [6, 6.07) is 5.01. The van der Waals surface area contributed by atoms with Gasteiger partial charge in [-0.2, -0.15) is 0 Å². The molecular formula is C23H35N3O2S. The van der Waals surface area contributed by atoms with E-state index >= 15 is 0 Å². The molecule has 29 heavy (non-hydrogen) atoms. The van der Waals surface area contributed by atoms with Crippen LogP contribution in [-0.2, 0) is 9.59 Å². The van der Waals surface area contributed by atoms with E-state index in [0.717, 1.165) is 58.2 Å². The Morgan fingerprint density at radius 3 is 2.45 bits per heavy atom. The molecule has 2 aliphatic heterocycles. The van der Waals surface area contributed by atoms with E-state index in [1.54, 1.807) is 0 Å². The summed E-state index contributed by atoms with van der Waals surface area (Å²) in [5.74, 6) is 0.755. The first kappa shape index (κ1) is 20.9. The lowest BCUT2D eigenvalue weighted by Crippen LogP contribution is -2.49. The molecule has 1 N–H and O–H groups in total. The summed E-state index contributed by atoms with van der Waals surface area (Å²) in [6.45, 7) is 5.22. The van der Waals surface area contributed by atoms with Crippen LogP contribution in [-0.4, -0.2) is 53.8 Å². The second-order valence-corrected chi connectivity index (χ2v) is 10.4. The molecule has 4 rings (SSSR count). The van der Waals surface area contributed by atoms with Gasteiger partial charge in [-0.1, -0.05) is 19.3 Å². The van der Waals surface area contributed by atoms with E-state index in [0.29, 0.717) is 18.5 Å². The van der Waals surface area contributed by atoms with E-state index in [2.05, 4.69) is 29.3 Å². The van der Waals surface area contributed by atoms with Crippen LogP contribution in [0.25, 0.3) is 0 Å².